The first-order chi connectivity index (χ1) is 17.5. The number of benzene rings is 2. The molecule has 1 N–H and O–H groups in total. The molecule has 4 aromatic rings. The van der Waals surface area contributed by atoms with Crippen LogP contribution in [0.3, 0.4) is 0 Å². The predicted octanol–water partition coefficient (Wildman–Crippen LogP) is 2.76. The fraction of sp³-hybridized carbons (Fsp3) is 0.222. The Hall–Kier alpha value is -4.53. The SMILES string of the molecule is Cn1cnc(-c2ccc3c(c2)CN([C@H]2CCC(=O)NC2=O)C3=O)c1-c1cnn(Cc2ccccc2)c1. The Bertz CT molecular complexity index is 1500. The van der Waals surface area contributed by atoms with Crippen molar-refractivity contribution in [3.63, 3.8) is 0 Å². The number of nitrogens with zero attached hydrogens (tertiary/aromatic N) is 5. The summed E-state index contributed by atoms with van der Waals surface area (Å²) in [4.78, 5) is 43.1. The van der Waals surface area contributed by atoms with Crippen molar-refractivity contribution in [3.8, 4) is 22.5 Å². The molecule has 0 bridgehead atoms. The molecule has 0 spiro atoms. The van der Waals surface area contributed by atoms with Gasteiger partial charge in [-0.15, -0.1) is 0 Å². The van der Waals surface area contributed by atoms with Gasteiger partial charge in [-0.3, -0.25) is 24.4 Å². The number of fused-ring (bicyclic) bond motifs is 1. The molecule has 0 radical (unpaired) electrons. The highest BCUT2D eigenvalue weighted by atomic mass is 16.2. The quantitative estimate of drug-likeness (QED) is 0.443. The topological polar surface area (TPSA) is 102 Å². The third-order valence-electron chi connectivity index (χ3n) is 6.83. The van der Waals surface area contributed by atoms with E-state index in [9.17, 15) is 14.4 Å². The molecule has 0 aliphatic carbocycles. The molecule has 180 valence electrons. The second kappa shape index (κ2) is 8.60. The van der Waals surface area contributed by atoms with Crippen molar-refractivity contribution in [1.29, 1.82) is 0 Å². The molecule has 0 unspecified atom stereocenters. The van der Waals surface area contributed by atoms with E-state index in [1.54, 1.807) is 17.3 Å². The normalized spacial score (nSPS) is 17.4. The third-order valence-corrected chi connectivity index (χ3v) is 6.83. The first-order valence-corrected chi connectivity index (χ1v) is 11.8. The molecule has 1 saturated heterocycles. The molecule has 0 saturated carbocycles. The zero-order valence-corrected chi connectivity index (χ0v) is 19.7. The van der Waals surface area contributed by atoms with Gasteiger partial charge < -0.3 is 9.47 Å². The maximum Gasteiger partial charge on any atom is 0.255 e. The number of aromatic nitrogens is 4. The molecule has 2 aromatic carbocycles. The molecule has 6 rings (SSSR count). The first-order valence-electron chi connectivity index (χ1n) is 11.8. The third kappa shape index (κ3) is 3.78. The Morgan fingerprint density at radius 1 is 1.06 bits per heavy atom. The van der Waals surface area contributed by atoms with Crippen molar-refractivity contribution >= 4 is 17.7 Å². The molecule has 36 heavy (non-hydrogen) atoms. The minimum absolute atomic E-state index is 0.186. The number of imide groups is 1. The Morgan fingerprint density at radius 3 is 2.69 bits per heavy atom. The average molecular weight is 481 g/mol. The summed E-state index contributed by atoms with van der Waals surface area (Å²) in [5, 5.41) is 6.89. The summed E-state index contributed by atoms with van der Waals surface area (Å²) in [6.45, 7) is 0.997. The van der Waals surface area contributed by atoms with Crippen LogP contribution in [0.25, 0.3) is 22.5 Å². The van der Waals surface area contributed by atoms with Gasteiger partial charge in [-0.2, -0.15) is 5.10 Å². The number of aryl methyl sites for hydroxylation is 1. The number of nitrogens with one attached hydrogen (secondary N) is 1. The van der Waals surface area contributed by atoms with Crippen LogP contribution in [-0.2, 0) is 29.7 Å². The highest BCUT2D eigenvalue weighted by molar-refractivity contribution is 6.05. The monoisotopic (exact) mass is 480 g/mol. The lowest BCUT2D eigenvalue weighted by molar-refractivity contribution is -0.136. The maximum absolute atomic E-state index is 13.0. The van der Waals surface area contributed by atoms with Crippen molar-refractivity contribution in [1.82, 2.24) is 29.5 Å². The zero-order chi connectivity index (χ0) is 24.8. The van der Waals surface area contributed by atoms with Gasteiger partial charge in [0.2, 0.25) is 11.8 Å². The summed E-state index contributed by atoms with van der Waals surface area (Å²) >= 11 is 0. The van der Waals surface area contributed by atoms with Crippen LogP contribution in [0.5, 0.6) is 0 Å². The predicted molar refractivity (Wildman–Crippen MR) is 131 cm³/mol. The second-order valence-corrected chi connectivity index (χ2v) is 9.24. The van der Waals surface area contributed by atoms with E-state index in [0.29, 0.717) is 25.1 Å². The van der Waals surface area contributed by atoms with Crippen LogP contribution < -0.4 is 5.32 Å². The van der Waals surface area contributed by atoms with Gasteiger partial charge in [0, 0.05) is 42.9 Å². The average Bonchev–Trinajstić information content (AvgIpc) is 3.57. The van der Waals surface area contributed by atoms with Gasteiger partial charge in [0.15, 0.2) is 0 Å². The number of carbonyl (C=O) groups excluding carboxylic acids is 3. The van der Waals surface area contributed by atoms with Crippen molar-refractivity contribution in [3.05, 3.63) is 83.9 Å². The standard InChI is InChI=1S/C27H24N6O3/c1-31-16-28-24(25(31)20-12-29-32(14-20)13-17-5-3-2-4-6-17)18-7-8-21-19(11-18)15-33(27(21)36)22-9-10-23(34)30-26(22)35/h2-8,11-12,14,16,22H,9-10,13,15H2,1H3,(H,30,34,35)/t22-/m0/s1. The number of hydrogen-bond acceptors (Lipinski definition) is 5. The van der Waals surface area contributed by atoms with Crippen LogP contribution in [0.15, 0.2) is 67.3 Å². The van der Waals surface area contributed by atoms with Crippen molar-refractivity contribution in [2.45, 2.75) is 32.0 Å². The van der Waals surface area contributed by atoms with Gasteiger partial charge in [0.05, 0.1) is 30.5 Å². The number of piperidine rings is 1. The number of imidazole rings is 1. The fourth-order valence-electron chi connectivity index (χ4n) is 5.05. The minimum Gasteiger partial charge on any atom is -0.333 e. The summed E-state index contributed by atoms with van der Waals surface area (Å²) in [6, 6.07) is 15.2. The summed E-state index contributed by atoms with van der Waals surface area (Å²) in [7, 11) is 1.95. The van der Waals surface area contributed by atoms with Gasteiger partial charge in [0.25, 0.3) is 5.91 Å². The fourth-order valence-corrected chi connectivity index (χ4v) is 5.05. The lowest BCUT2D eigenvalue weighted by Crippen LogP contribution is -2.52. The Kier molecular flexibility index (Phi) is 5.25. The van der Waals surface area contributed by atoms with E-state index < -0.39 is 11.9 Å². The number of hydrogen-bond donors (Lipinski definition) is 1. The number of amides is 3. The highest BCUT2D eigenvalue weighted by Gasteiger charge is 2.39. The molecule has 2 aliphatic rings. The molecule has 4 heterocycles. The van der Waals surface area contributed by atoms with Crippen molar-refractivity contribution < 1.29 is 14.4 Å². The summed E-state index contributed by atoms with van der Waals surface area (Å²) < 4.78 is 3.87. The van der Waals surface area contributed by atoms with Gasteiger partial charge in [-0.25, -0.2) is 4.98 Å². The van der Waals surface area contributed by atoms with E-state index in [4.69, 9.17) is 0 Å². The van der Waals surface area contributed by atoms with E-state index in [0.717, 1.165) is 28.1 Å². The molecule has 9 heteroatoms. The lowest BCUT2D eigenvalue weighted by Gasteiger charge is -2.29. The lowest BCUT2D eigenvalue weighted by atomic mass is 10.0. The van der Waals surface area contributed by atoms with Crippen molar-refractivity contribution in [2.75, 3.05) is 0 Å². The number of carbonyl (C=O) groups is 3. The van der Waals surface area contributed by atoms with Crippen LogP contribution in [-0.4, -0.2) is 48.0 Å². The van der Waals surface area contributed by atoms with Gasteiger partial charge >= 0.3 is 0 Å². The van der Waals surface area contributed by atoms with Crippen LogP contribution in [0.4, 0.5) is 0 Å². The van der Waals surface area contributed by atoms with Gasteiger partial charge in [0.1, 0.15) is 6.04 Å². The van der Waals surface area contributed by atoms with E-state index >= 15 is 0 Å². The Labute approximate surface area is 207 Å². The van der Waals surface area contributed by atoms with Crippen LogP contribution >= 0.6 is 0 Å². The molecular formula is C27H24N6O3. The molecule has 9 nitrogen and oxygen atoms in total. The smallest absolute Gasteiger partial charge is 0.255 e. The molecule has 1 atom stereocenters. The van der Waals surface area contributed by atoms with Gasteiger partial charge in [-0.05, 0) is 29.7 Å². The number of rotatable bonds is 5. The largest absolute Gasteiger partial charge is 0.333 e. The van der Waals surface area contributed by atoms with E-state index in [1.165, 1.54) is 5.56 Å². The highest BCUT2D eigenvalue weighted by Crippen LogP contribution is 2.35. The van der Waals surface area contributed by atoms with Crippen LogP contribution in [0, 0.1) is 0 Å². The van der Waals surface area contributed by atoms with Crippen molar-refractivity contribution in [2.24, 2.45) is 7.05 Å². The summed E-state index contributed by atoms with van der Waals surface area (Å²) in [5.74, 6) is -0.890. The van der Waals surface area contributed by atoms with Crippen LogP contribution in [0.1, 0.15) is 34.3 Å². The molecule has 2 aliphatic heterocycles. The molecule has 3 amide bonds. The van der Waals surface area contributed by atoms with E-state index in [2.05, 4.69) is 27.5 Å². The first kappa shape index (κ1) is 22.0. The van der Waals surface area contributed by atoms with E-state index in [1.807, 2.05) is 59.0 Å². The summed E-state index contributed by atoms with van der Waals surface area (Å²) in [5.41, 5.74) is 6.16. The Balaban J connectivity index is 1.28. The molecular weight excluding hydrogens is 456 g/mol. The Morgan fingerprint density at radius 2 is 1.89 bits per heavy atom. The molecule has 1 fully saturated rings. The summed E-state index contributed by atoms with van der Waals surface area (Å²) in [6.07, 6.45) is 6.19. The van der Waals surface area contributed by atoms with Gasteiger partial charge in [-0.1, -0.05) is 36.4 Å². The van der Waals surface area contributed by atoms with E-state index in [-0.39, 0.29) is 18.2 Å². The molecule has 2 aromatic heterocycles. The second-order valence-electron chi connectivity index (χ2n) is 9.24. The zero-order valence-electron chi connectivity index (χ0n) is 19.7. The minimum atomic E-state index is -0.632. The van der Waals surface area contributed by atoms with Crippen LogP contribution in [0.2, 0.25) is 0 Å². The maximum atomic E-state index is 13.0.